The summed E-state index contributed by atoms with van der Waals surface area (Å²) in [5.41, 5.74) is 0. The van der Waals surface area contributed by atoms with Crippen LogP contribution in [0.25, 0.3) is 0 Å². The maximum absolute atomic E-state index is 12.0. The van der Waals surface area contributed by atoms with Crippen molar-refractivity contribution in [3.8, 4) is 0 Å². The summed E-state index contributed by atoms with van der Waals surface area (Å²) < 4.78 is 5.35. The molecule has 1 heterocycles. The summed E-state index contributed by atoms with van der Waals surface area (Å²) in [6.07, 6.45) is 18.3. The van der Waals surface area contributed by atoms with Gasteiger partial charge in [0.2, 0.25) is 0 Å². The van der Waals surface area contributed by atoms with Crippen molar-refractivity contribution in [3.63, 3.8) is 0 Å². The van der Waals surface area contributed by atoms with Gasteiger partial charge in [-0.05, 0) is 26.2 Å². The lowest BCUT2D eigenvalue weighted by Crippen LogP contribution is -2.26. The Kier molecular flexibility index (Phi) is 13.4. The Morgan fingerprint density at radius 1 is 0.900 bits per heavy atom. The van der Waals surface area contributed by atoms with Gasteiger partial charge in [0.05, 0.1) is 24.4 Å². The molecule has 0 saturated carbocycles. The number of hydrogen-bond donors (Lipinski definition) is 4. The second kappa shape index (κ2) is 15.6. The monoisotopic (exact) mass is 418 g/mol. The summed E-state index contributed by atoms with van der Waals surface area (Å²) in [5, 5.41) is 39.7. The number of ether oxygens (including phenoxy) is 1. The third-order valence-corrected chi connectivity index (χ3v) is 4.26. The van der Waals surface area contributed by atoms with E-state index in [2.05, 4.69) is 0 Å². The first-order valence-corrected chi connectivity index (χ1v) is 10.3. The predicted octanol–water partition coefficient (Wildman–Crippen LogP) is 2.66. The van der Waals surface area contributed by atoms with Crippen molar-refractivity contribution >= 4 is 5.97 Å². The van der Waals surface area contributed by atoms with Crippen LogP contribution in [0.3, 0.4) is 0 Å². The van der Waals surface area contributed by atoms with Gasteiger partial charge in [-0.1, -0.05) is 66.8 Å². The van der Waals surface area contributed by atoms with Crippen molar-refractivity contribution in [1.29, 1.82) is 0 Å². The number of carbonyl (C=O) groups is 1. The van der Waals surface area contributed by atoms with E-state index in [-0.39, 0.29) is 19.3 Å². The number of aliphatic hydroxyl groups excluding tert-OH is 4. The Labute approximate surface area is 178 Å². The van der Waals surface area contributed by atoms with Gasteiger partial charge in [0.15, 0.2) is 0 Å². The zero-order chi connectivity index (χ0) is 22.2. The van der Waals surface area contributed by atoms with Crippen LogP contribution in [0.2, 0.25) is 0 Å². The molecule has 4 N–H and O–H groups in total. The van der Waals surface area contributed by atoms with E-state index >= 15 is 0 Å². The van der Waals surface area contributed by atoms with Gasteiger partial charge in [-0.25, -0.2) is 4.79 Å². The van der Waals surface area contributed by atoms with Crippen LogP contribution in [0, 0.1) is 0 Å². The first kappa shape index (κ1) is 25.8. The molecule has 0 aromatic heterocycles. The molecule has 1 aliphatic rings. The van der Waals surface area contributed by atoms with Crippen LogP contribution in [-0.2, 0) is 9.53 Å². The molecule has 166 valence electrons. The molecular weight excluding hydrogens is 384 g/mol. The lowest BCUT2D eigenvalue weighted by atomic mass is 10.1. The van der Waals surface area contributed by atoms with Crippen LogP contribution in [0.15, 0.2) is 72.9 Å². The minimum atomic E-state index is -0.828. The van der Waals surface area contributed by atoms with Crippen molar-refractivity contribution in [2.24, 2.45) is 0 Å². The number of hydrogen-bond acceptors (Lipinski definition) is 6. The number of rotatable bonds is 2. The molecule has 0 saturated heterocycles. The van der Waals surface area contributed by atoms with Gasteiger partial charge in [0.1, 0.15) is 6.10 Å². The van der Waals surface area contributed by atoms with Crippen LogP contribution < -0.4 is 0 Å². The normalized spacial score (nSPS) is 34.9. The van der Waals surface area contributed by atoms with Crippen LogP contribution >= 0.6 is 0 Å². The van der Waals surface area contributed by atoms with Crippen LogP contribution in [0.4, 0.5) is 0 Å². The van der Waals surface area contributed by atoms with Crippen molar-refractivity contribution < 1.29 is 30.0 Å². The summed E-state index contributed by atoms with van der Waals surface area (Å²) in [7, 11) is 0. The fourth-order valence-corrected chi connectivity index (χ4v) is 2.84. The first-order chi connectivity index (χ1) is 14.4. The summed E-state index contributed by atoms with van der Waals surface area (Å²) in [6.45, 7) is 1.60. The third kappa shape index (κ3) is 13.8. The van der Waals surface area contributed by atoms with E-state index in [0.717, 1.165) is 0 Å². The average Bonchev–Trinajstić information content (AvgIpc) is 2.65. The number of esters is 1. The van der Waals surface area contributed by atoms with E-state index in [1.54, 1.807) is 61.6 Å². The van der Waals surface area contributed by atoms with Gasteiger partial charge in [-0.15, -0.1) is 0 Å². The number of allylic oxidation sites excluding steroid dienone is 8. The SMILES string of the molecule is CC(O)CC1CC(O)/C=C/C=C/C=C/CC(O)CC(O)C/C=C/C=C/C=C/C(=O)O1. The summed E-state index contributed by atoms with van der Waals surface area (Å²) in [6, 6.07) is 0. The van der Waals surface area contributed by atoms with Gasteiger partial charge in [-0.2, -0.15) is 0 Å². The quantitative estimate of drug-likeness (QED) is 0.514. The molecule has 0 aromatic rings. The summed E-state index contributed by atoms with van der Waals surface area (Å²) >= 11 is 0. The molecule has 1 aliphatic heterocycles. The number of cyclic esters (lactones) is 1. The highest BCUT2D eigenvalue weighted by molar-refractivity contribution is 5.82. The molecule has 1 rings (SSSR count). The van der Waals surface area contributed by atoms with Crippen molar-refractivity contribution in [2.75, 3.05) is 0 Å². The summed E-state index contributed by atoms with van der Waals surface area (Å²) in [4.78, 5) is 12.0. The topological polar surface area (TPSA) is 107 Å². The molecule has 0 radical (unpaired) electrons. The second-order valence-electron chi connectivity index (χ2n) is 7.33. The Balaban J connectivity index is 2.84. The molecule has 30 heavy (non-hydrogen) atoms. The zero-order valence-corrected chi connectivity index (χ0v) is 17.5. The van der Waals surface area contributed by atoms with Crippen LogP contribution in [-0.4, -0.2) is 56.9 Å². The Hall–Kier alpha value is -2.25. The second-order valence-corrected chi connectivity index (χ2v) is 7.33. The molecule has 6 nitrogen and oxygen atoms in total. The van der Waals surface area contributed by atoms with E-state index in [1.807, 2.05) is 6.08 Å². The molecule has 5 atom stereocenters. The molecule has 5 unspecified atom stereocenters. The fraction of sp³-hybridized carbons (Fsp3) is 0.458. The highest BCUT2D eigenvalue weighted by atomic mass is 16.5. The molecule has 0 bridgehead atoms. The van der Waals surface area contributed by atoms with Crippen LogP contribution in [0.1, 0.15) is 39.0 Å². The van der Waals surface area contributed by atoms with Crippen LogP contribution in [0.5, 0.6) is 0 Å². The van der Waals surface area contributed by atoms with E-state index < -0.39 is 36.5 Å². The highest BCUT2D eigenvalue weighted by Crippen LogP contribution is 2.12. The maximum atomic E-state index is 12.0. The zero-order valence-electron chi connectivity index (χ0n) is 17.5. The molecule has 6 heteroatoms. The number of aliphatic hydroxyl groups is 4. The van der Waals surface area contributed by atoms with Crippen molar-refractivity contribution in [1.82, 2.24) is 0 Å². The Morgan fingerprint density at radius 2 is 1.47 bits per heavy atom. The minimum absolute atomic E-state index is 0.178. The predicted molar refractivity (Wildman–Crippen MR) is 118 cm³/mol. The molecule has 0 aromatic carbocycles. The van der Waals surface area contributed by atoms with Crippen molar-refractivity contribution in [2.45, 2.75) is 69.5 Å². The maximum Gasteiger partial charge on any atom is 0.331 e. The molecule has 0 spiro atoms. The molecule has 0 fully saturated rings. The highest BCUT2D eigenvalue weighted by Gasteiger charge is 2.18. The van der Waals surface area contributed by atoms with E-state index in [4.69, 9.17) is 4.74 Å². The number of carbonyl (C=O) groups excluding carboxylic acids is 1. The standard InChI is InChI=1S/C24H34O6/c1-19(25)16-23-18-22(28)14-10-5-2-4-8-12-20(26)17-21(27)13-9-6-3-7-11-15-24(29)30-23/h2-11,14-15,19-23,25-28H,12-13,16-18H2,1H3/b5-2+,7-3+,8-4+,9-6+,14-10+,15-11+. The van der Waals surface area contributed by atoms with Crippen molar-refractivity contribution in [3.05, 3.63) is 72.9 Å². The summed E-state index contributed by atoms with van der Waals surface area (Å²) in [5.74, 6) is -0.554. The Morgan fingerprint density at radius 3 is 2.07 bits per heavy atom. The van der Waals surface area contributed by atoms with Gasteiger partial charge in [0.25, 0.3) is 0 Å². The van der Waals surface area contributed by atoms with E-state index in [9.17, 15) is 25.2 Å². The minimum Gasteiger partial charge on any atom is -0.459 e. The third-order valence-electron chi connectivity index (χ3n) is 4.26. The molecule has 0 aliphatic carbocycles. The van der Waals surface area contributed by atoms with Gasteiger partial charge in [-0.3, -0.25) is 0 Å². The fourth-order valence-electron chi connectivity index (χ4n) is 2.84. The van der Waals surface area contributed by atoms with Gasteiger partial charge >= 0.3 is 5.97 Å². The first-order valence-electron chi connectivity index (χ1n) is 10.3. The van der Waals surface area contributed by atoms with Gasteiger partial charge < -0.3 is 25.2 Å². The Bertz CT molecular complexity index is 657. The lowest BCUT2D eigenvalue weighted by molar-refractivity contribution is -0.145. The van der Waals surface area contributed by atoms with Gasteiger partial charge in [0, 0.05) is 18.9 Å². The van der Waals surface area contributed by atoms with E-state index in [0.29, 0.717) is 12.8 Å². The van der Waals surface area contributed by atoms with E-state index in [1.165, 1.54) is 12.2 Å². The molecular formula is C24H34O6. The lowest BCUT2D eigenvalue weighted by Gasteiger charge is -2.20. The average molecular weight is 419 g/mol. The largest absolute Gasteiger partial charge is 0.459 e. The molecule has 0 amide bonds. The smallest absolute Gasteiger partial charge is 0.331 e.